The van der Waals surface area contributed by atoms with E-state index in [4.69, 9.17) is 9.47 Å². The number of hydrogen-bond donors (Lipinski definition) is 0. The van der Waals surface area contributed by atoms with Gasteiger partial charge in [0.15, 0.2) is 0 Å². The van der Waals surface area contributed by atoms with Crippen molar-refractivity contribution in [2.75, 3.05) is 32.2 Å². The fraction of sp³-hybridized carbons (Fsp3) is 0.500. The minimum Gasteiger partial charge on any atom is -0.467 e. The summed E-state index contributed by atoms with van der Waals surface area (Å²) in [5.41, 5.74) is 1.18. The molecule has 1 saturated heterocycles. The molecule has 2 atom stereocenters. The van der Waals surface area contributed by atoms with Gasteiger partial charge in [0.2, 0.25) is 5.95 Å². The zero-order valence-electron chi connectivity index (χ0n) is 13.7. The van der Waals surface area contributed by atoms with Crippen molar-refractivity contribution in [2.45, 2.75) is 18.9 Å². The van der Waals surface area contributed by atoms with Crippen LogP contribution in [0.2, 0.25) is 0 Å². The van der Waals surface area contributed by atoms with E-state index in [2.05, 4.69) is 19.9 Å². The minimum atomic E-state index is 0.0825. The van der Waals surface area contributed by atoms with E-state index < -0.39 is 0 Å². The maximum Gasteiger partial charge on any atom is 0.324 e. The van der Waals surface area contributed by atoms with E-state index in [-0.39, 0.29) is 17.6 Å². The third kappa shape index (κ3) is 2.47. The number of hydrogen-bond acceptors (Lipinski definition) is 7. The van der Waals surface area contributed by atoms with E-state index in [9.17, 15) is 4.79 Å². The number of ether oxygens (including phenoxy) is 2. The largest absolute Gasteiger partial charge is 0.467 e. The predicted molar refractivity (Wildman–Crippen MR) is 86.7 cm³/mol. The number of nitrogens with zero attached hydrogens (tertiary/aromatic N) is 5. The Kier molecular flexibility index (Phi) is 3.59. The van der Waals surface area contributed by atoms with Crippen molar-refractivity contribution in [3.8, 4) is 12.0 Å². The van der Waals surface area contributed by atoms with Crippen LogP contribution in [0.15, 0.2) is 23.0 Å². The highest BCUT2D eigenvalue weighted by atomic mass is 16.5. The molecule has 126 valence electrons. The Labute approximate surface area is 139 Å². The molecule has 0 unspecified atom stereocenters. The van der Waals surface area contributed by atoms with Crippen molar-refractivity contribution in [2.24, 2.45) is 5.92 Å². The lowest BCUT2D eigenvalue weighted by molar-refractivity contribution is 0.277. The van der Waals surface area contributed by atoms with Gasteiger partial charge in [-0.1, -0.05) is 6.07 Å². The van der Waals surface area contributed by atoms with Crippen molar-refractivity contribution in [1.82, 2.24) is 19.5 Å². The van der Waals surface area contributed by atoms with Gasteiger partial charge in [-0.25, -0.2) is 0 Å². The fourth-order valence-electron chi connectivity index (χ4n) is 3.71. The first-order valence-electron chi connectivity index (χ1n) is 7.96. The van der Waals surface area contributed by atoms with Crippen molar-refractivity contribution >= 4 is 5.95 Å². The molecule has 2 aromatic heterocycles. The molecular weight excluding hydrogens is 310 g/mol. The zero-order valence-corrected chi connectivity index (χ0v) is 13.7. The number of piperidine rings is 1. The molecule has 0 aromatic carbocycles. The second kappa shape index (κ2) is 5.77. The summed E-state index contributed by atoms with van der Waals surface area (Å²) in [6.45, 7) is 2.30. The van der Waals surface area contributed by atoms with E-state index in [0.717, 1.165) is 31.7 Å². The summed E-state index contributed by atoms with van der Waals surface area (Å²) < 4.78 is 12.2. The SMILES string of the molecule is COc1nc(OC)nc(N2C[C@H]3C[C@@H](C2)c2cccc(=O)n2C3)n1. The van der Waals surface area contributed by atoms with Crippen LogP contribution >= 0.6 is 0 Å². The third-order valence-corrected chi connectivity index (χ3v) is 4.71. The lowest BCUT2D eigenvalue weighted by atomic mass is 9.83. The molecule has 2 aliphatic heterocycles. The first-order chi connectivity index (χ1) is 11.7. The number of rotatable bonds is 3. The standard InChI is InChI=1S/C16H19N5O3/c1-23-15-17-14(18-16(19-15)24-2)20-7-10-6-11(9-20)12-4-3-5-13(22)21(12)8-10/h3-5,10-11H,6-9H2,1-2H3/t10-,11+/m1/s1. The summed E-state index contributed by atoms with van der Waals surface area (Å²) in [7, 11) is 3.04. The van der Waals surface area contributed by atoms with Gasteiger partial charge < -0.3 is 18.9 Å². The van der Waals surface area contributed by atoms with Gasteiger partial charge in [-0.15, -0.1) is 4.98 Å². The van der Waals surface area contributed by atoms with E-state index in [1.165, 1.54) is 14.2 Å². The maximum atomic E-state index is 12.1. The van der Waals surface area contributed by atoms with Gasteiger partial charge in [0.1, 0.15) is 0 Å². The summed E-state index contributed by atoms with van der Waals surface area (Å²) in [5, 5.41) is 0. The van der Waals surface area contributed by atoms with Crippen molar-refractivity contribution in [3.63, 3.8) is 0 Å². The first kappa shape index (κ1) is 14.9. The van der Waals surface area contributed by atoms with Crippen LogP contribution in [0.25, 0.3) is 0 Å². The maximum absolute atomic E-state index is 12.1. The molecule has 0 amide bonds. The molecule has 8 nitrogen and oxygen atoms in total. The summed E-state index contributed by atoms with van der Waals surface area (Å²) in [5.74, 6) is 1.24. The average Bonchev–Trinajstić information content (AvgIpc) is 2.62. The highest BCUT2D eigenvalue weighted by Crippen LogP contribution is 2.36. The number of pyridine rings is 1. The topological polar surface area (TPSA) is 82.4 Å². The number of aromatic nitrogens is 4. The van der Waals surface area contributed by atoms with Gasteiger partial charge in [0, 0.05) is 37.3 Å². The lowest BCUT2D eigenvalue weighted by Gasteiger charge is -2.42. The van der Waals surface area contributed by atoms with Crippen LogP contribution in [0, 0.1) is 5.92 Å². The monoisotopic (exact) mass is 329 g/mol. The van der Waals surface area contributed by atoms with Crippen LogP contribution in [0.3, 0.4) is 0 Å². The van der Waals surface area contributed by atoms with Gasteiger partial charge in [0.25, 0.3) is 5.56 Å². The van der Waals surface area contributed by atoms with E-state index in [1.807, 2.05) is 16.7 Å². The minimum absolute atomic E-state index is 0.0825. The fourth-order valence-corrected chi connectivity index (χ4v) is 3.71. The van der Waals surface area contributed by atoms with Gasteiger partial charge >= 0.3 is 12.0 Å². The molecule has 4 rings (SSSR count). The van der Waals surface area contributed by atoms with Crippen LogP contribution < -0.4 is 19.9 Å². The third-order valence-electron chi connectivity index (χ3n) is 4.71. The molecule has 0 radical (unpaired) electrons. The van der Waals surface area contributed by atoms with Gasteiger partial charge in [-0.2, -0.15) is 9.97 Å². The normalized spacial score (nSPS) is 22.0. The Balaban J connectivity index is 1.68. The number of fused-ring (bicyclic) bond motifs is 4. The predicted octanol–water partition coefficient (Wildman–Crippen LogP) is 0.674. The Morgan fingerprint density at radius 2 is 1.79 bits per heavy atom. The lowest BCUT2D eigenvalue weighted by Crippen LogP contribution is -2.47. The van der Waals surface area contributed by atoms with E-state index >= 15 is 0 Å². The molecule has 8 heteroatoms. The van der Waals surface area contributed by atoms with Gasteiger partial charge in [-0.05, 0) is 18.4 Å². The van der Waals surface area contributed by atoms with Crippen LogP contribution in [-0.2, 0) is 6.54 Å². The van der Waals surface area contributed by atoms with Crippen molar-refractivity contribution in [1.29, 1.82) is 0 Å². The summed E-state index contributed by atoms with van der Waals surface area (Å²) in [6.07, 6.45) is 1.08. The van der Waals surface area contributed by atoms with Crippen molar-refractivity contribution < 1.29 is 9.47 Å². The zero-order chi connectivity index (χ0) is 16.7. The van der Waals surface area contributed by atoms with Gasteiger partial charge in [-0.3, -0.25) is 4.79 Å². The summed E-state index contributed by atoms with van der Waals surface area (Å²) >= 11 is 0. The average molecular weight is 329 g/mol. The molecule has 4 heterocycles. The summed E-state index contributed by atoms with van der Waals surface area (Å²) in [6, 6.07) is 5.99. The molecule has 1 fully saturated rings. The molecular formula is C16H19N5O3. The number of methoxy groups -OCH3 is 2. The second-order valence-electron chi connectivity index (χ2n) is 6.21. The summed E-state index contributed by atoms with van der Waals surface area (Å²) in [4.78, 5) is 27.0. The van der Waals surface area contributed by atoms with Crippen LogP contribution in [0.4, 0.5) is 5.95 Å². The molecule has 0 saturated carbocycles. The highest BCUT2D eigenvalue weighted by molar-refractivity contribution is 5.36. The van der Waals surface area contributed by atoms with E-state index in [0.29, 0.717) is 17.8 Å². The molecule has 2 aromatic rings. The van der Waals surface area contributed by atoms with Crippen LogP contribution in [0.1, 0.15) is 18.0 Å². The van der Waals surface area contributed by atoms with Crippen molar-refractivity contribution in [3.05, 3.63) is 34.2 Å². The molecule has 0 N–H and O–H groups in total. The molecule has 0 spiro atoms. The Hall–Kier alpha value is -2.64. The van der Waals surface area contributed by atoms with E-state index in [1.54, 1.807) is 6.07 Å². The molecule has 2 aliphatic rings. The van der Waals surface area contributed by atoms with Crippen LogP contribution in [-0.4, -0.2) is 46.8 Å². The molecule has 2 bridgehead atoms. The quantitative estimate of drug-likeness (QED) is 0.818. The molecule has 0 aliphatic carbocycles. The second-order valence-corrected chi connectivity index (χ2v) is 6.21. The Morgan fingerprint density at radius 1 is 1.04 bits per heavy atom. The Bertz CT molecular complexity index is 799. The number of anilines is 1. The highest BCUT2D eigenvalue weighted by Gasteiger charge is 2.35. The first-order valence-corrected chi connectivity index (χ1v) is 7.96. The smallest absolute Gasteiger partial charge is 0.324 e. The Morgan fingerprint density at radius 3 is 2.50 bits per heavy atom. The van der Waals surface area contributed by atoms with Crippen LogP contribution in [0.5, 0.6) is 12.0 Å². The molecule has 24 heavy (non-hydrogen) atoms. The van der Waals surface area contributed by atoms with Gasteiger partial charge in [0.05, 0.1) is 14.2 Å².